The molecule has 0 aliphatic heterocycles. The van der Waals surface area contributed by atoms with Crippen LogP contribution in [0.3, 0.4) is 0 Å². The van der Waals surface area contributed by atoms with Crippen molar-refractivity contribution in [3.05, 3.63) is 297 Å². The molecule has 0 fully saturated rings. The summed E-state index contributed by atoms with van der Waals surface area (Å²) >= 11 is 0. The van der Waals surface area contributed by atoms with E-state index in [0.29, 0.717) is 0 Å². The predicted octanol–water partition coefficient (Wildman–Crippen LogP) is 47.3. The Morgan fingerprint density at radius 1 is 0.107 bits per heavy atom. The van der Waals surface area contributed by atoms with Crippen molar-refractivity contribution in [2.75, 3.05) is 0 Å². The number of hydrogen-bond acceptors (Lipinski definition) is 0. The van der Waals surface area contributed by atoms with Crippen LogP contribution in [0.1, 0.15) is 535 Å². The SMILES string of the molecule is CCCCCCC1(CCCCCC)c2ccccc2-c2ccc(-c3ccc4c(c3)C(CCCCCC)(CCCCCC)c3cc(-c5ccc6c(c5)C(CCCCCC)(CCCCCC)c5cc(-c7ccc8c(c7)C(CCCCCC)(CCCCCC)c7cc(-c9ccc%10c(c9)C(CCCCCC)(CCCCCC)c9cc(-c%11ccc%12c(c%11)C(CCCCCC)(CCCCCC)c%11ccccc%11-%12)ccc9-%10)ccc7-8)ccc5-6)ccc3-4)cc21. The standard InChI is InChI=1S/C150H194/c1-13-25-37-53-89-145(90-54-38-26-14-2)133-67-51-49-65-121(133)123-79-69-111(101-135(123)145)113-71-81-125-127-83-73-115(105-139(127)147(137(125)103-113,93-57-41-29-17-5)94-58-42-30-18-6)117-75-85-129-131-87-77-119(109-143(131)149(141(129)107-117,97-61-45-33-21-9)98-62-46-34-22-10)120-78-88-132-130-86-76-118(108-142(130)150(144(132)110-120,99-63-47-35-23-11)100-64-48-36-24-12)116-74-84-128-126-82-72-114(104-138(126)148(140(128)106-116,95-59-43-31-19-7)96-60-44-32-20-8)112-70-80-124-122-66-50-52-68-134(122)146(136(124)102-112,91-55-39-27-15-3)92-56-40-28-16-4/h49-52,65-88,101-110H,13-48,53-64,89-100H2,1-12H3. The Labute approximate surface area is 913 Å². The van der Waals surface area contributed by atoms with Crippen LogP contribution >= 0.6 is 0 Å². The van der Waals surface area contributed by atoms with Gasteiger partial charge in [-0.05, 0) is 327 Å². The molecule has 0 saturated carbocycles. The molecule has 0 bridgehead atoms. The van der Waals surface area contributed by atoms with E-state index in [1.165, 1.54) is 508 Å². The normalized spacial score (nSPS) is 15.0. The van der Waals surface area contributed by atoms with E-state index in [-0.39, 0.29) is 32.5 Å². The minimum atomic E-state index is -0.113. The highest BCUT2D eigenvalue weighted by atomic mass is 14.5. The molecule has 794 valence electrons. The van der Waals surface area contributed by atoms with Crippen molar-refractivity contribution in [3.63, 3.8) is 0 Å². The van der Waals surface area contributed by atoms with Crippen LogP contribution in [-0.2, 0) is 32.5 Å². The molecule has 0 amide bonds. The zero-order valence-corrected chi connectivity index (χ0v) is 96.4. The van der Waals surface area contributed by atoms with Gasteiger partial charge in [0.25, 0.3) is 0 Å². The van der Waals surface area contributed by atoms with Crippen molar-refractivity contribution in [1.29, 1.82) is 0 Å². The van der Waals surface area contributed by atoms with Crippen LogP contribution in [0.2, 0.25) is 0 Å². The zero-order chi connectivity index (χ0) is 104. The van der Waals surface area contributed by atoms with E-state index in [1.54, 1.807) is 66.8 Å². The van der Waals surface area contributed by atoms with Crippen LogP contribution in [0.4, 0.5) is 0 Å². The minimum absolute atomic E-state index is 0.0431. The first-order valence-corrected chi connectivity index (χ1v) is 63.5. The Balaban J connectivity index is 0.719. The lowest BCUT2D eigenvalue weighted by molar-refractivity contribution is 0.400. The van der Waals surface area contributed by atoms with Gasteiger partial charge in [0.05, 0.1) is 0 Å². The van der Waals surface area contributed by atoms with Gasteiger partial charge in [-0.2, -0.15) is 0 Å². The molecule has 0 saturated heterocycles. The summed E-state index contributed by atoms with van der Waals surface area (Å²) in [6, 6.07) is 98.8. The quantitative estimate of drug-likeness (QED) is 0.0333. The number of rotatable bonds is 65. The third-order valence-corrected chi connectivity index (χ3v) is 39.1. The van der Waals surface area contributed by atoms with Crippen LogP contribution in [0.25, 0.3) is 122 Å². The van der Waals surface area contributed by atoms with Gasteiger partial charge in [0.2, 0.25) is 0 Å². The first-order chi connectivity index (χ1) is 73.8. The second kappa shape index (κ2) is 52.3. The van der Waals surface area contributed by atoms with Gasteiger partial charge >= 0.3 is 0 Å². The minimum Gasteiger partial charge on any atom is -0.0654 e. The summed E-state index contributed by atoms with van der Waals surface area (Å²) in [4.78, 5) is 0. The topological polar surface area (TPSA) is 0 Å². The average Bonchev–Trinajstić information content (AvgIpc) is 1.55. The maximum Gasteiger partial charge on any atom is 0.0215 e. The van der Waals surface area contributed by atoms with Gasteiger partial charge in [0.15, 0.2) is 0 Å². The molecule has 12 aromatic carbocycles. The molecule has 0 N–H and O–H groups in total. The maximum absolute atomic E-state index is 2.80. The zero-order valence-electron chi connectivity index (χ0n) is 96.4. The molecule has 0 radical (unpaired) electrons. The van der Waals surface area contributed by atoms with E-state index < -0.39 is 0 Å². The van der Waals surface area contributed by atoms with E-state index >= 15 is 0 Å². The van der Waals surface area contributed by atoms with Crippen molar-refractivity contribution in [2.45, 2.75) is 501 Å². The number of fused-ring (bicyclic) bond motifs is 18. The Morgan fingerprint density at radius 3 is 0.333 bits per heavy atom. The lowest BCUT2D eigenvalue weighted by Crippen LogP contribution is -2.26. The van der Waals surface area contributed by atoms with Crippen molar-refractivity contribution in [2.24, 2.45) is 0 Å². The summed E-state index contributed by atoms with van der Waals surface area (Å²) in [5, 5.41) is 0. The molecule has 18 rings (SSSR count). The monoisotopic (exact) mass is 2000 g/mol. The van der Waals surface area contributed by atoms with Gasteiger partial charge in [-0.15, -0.1) is 0 Å². The molecular weight excluding hydrogens is 1800 g/mol. The van der Waals surface area contributed by atoms with Crippen molar-refractivity contribution >= 4 is 0 Å². The van der Waals surface area contributed by atoms with Gasteiger partial charge in [-0.1, -0.05) is 561 Å². The Morgan fingerprint density at radius 2 is 0.213 bits per heavy atom. The van der Waals surface area contributed by atoms with Crippen molar-refractivity contribution in [1.82, 2.24) is 0 Å². The van der Waals surface area contributed by atoms with Crippen LogP contribution in [0.15, 0.2) is 231 Å². The third-order valence-electron chi connectivity index (χ3n) is 39.1. The molecule has 0 spiro atoms. The third kappa shape index (κ3) is 22.4. The fourth-order valence-corrected chi connectivity index (χ4v) is 30.9. The molecule has 6 aliphatic rings. The highest BCUT2D eigenvalue weighted by Gasteiger charge is 2.51. The van der Waals surface area contributed by atoms with E-state index in [4.69, 9.17) is 0 Å². The molecule has 0 heteroatoms. The maximum atomic E-state index is 2.80. The molecule has 0 aromatic heterocycles. The first-order valence-electron chi connectivity index (χ1n) is 63.5. The van der Waals surface area contributed by atoms with Crippen LogP contribution in [-0.4, -0.2) is 0 Å². The Bertz CT molecular complexity index is 5930. The summed E-state index contributed by atoms with van der Waals surface area (Å²) in [5.74, 6) is 0. The molecule has 0 atom stereocenters. The van der Waals surface area contributed by atoms with Crippen LogP contribution in [0, 0.1) is 0 Å². The van der Waals surface area contributed by atoms with Gasteiger partial charge < -0.3 is 0 Å². The van der Waals surface area contributed by atoms with Crippen LogP contribution < -0.4 is 0 Å². The van der Waals surface area contributed by atoms with Gasteiger partial charge in [0.1, 0.15) is 0 Å². The Kier molecular flexibility index (Phi) is 38.4. The lowest BCUT2D eigenvalue weighted by atomic mass is 9.69. The fourth-order valence-electron chi connectivity index (χ4n) is 30.9. The average molecular weight is 2000 g/mol. The van der Waals surface area contributed by atoms with Crippen molar-refractivity contribution < 1.29 is 0 Å². The Hall–Kier alpha value is -9.36. The molecule has 0 heterocycles. The number of benzene rings is 12. The number of hydrogen-bond donors (Lipinski definition) is 0. The highest BCUT2D eigenvalue weighted by molar-refractivity contribution is 5.94. The van der Waals surface area contributed by atoms with Gasteiger partial charge in [0, 0.05) is 32.5 Å². The molecule has 150 heavy (non-hydrogen) atoms. The highest BCUT2D eigenvalue weighted by Crippen LogP contribution is 2.65. The van der Waals surface area contributed by atoms with Crippen molar-refractivity contribution in [3.8, 4) is 122 Å². The second-order valence-electron chi connectivity index (χ2n) is 48.9. The summed E-state index contributed by atoms with van der Waals surface area (Å²) < 4.78 is 0. The summed E-state index contributed by atoms with van der Waals surface area (Å²) in [6.45, 7) is 28.8. The summed E-state index contributed by atoms with van der Waals surface area (Å²) in [6.07, 6.45) is 75.8. The first kappa shape index (κ1) is 110. The van der Waals surface area contributed by atoms with E-state index in [1.807, 2.05) is 0 Å². The molecular formula is C150H194. The number of unbranched alkanes of at least 4 members (excludes halogenated alkanes) is 36. The fraction of sp³-hybridized carbons (Fsp3) is 0.520. The smallest absolute Gasteiger partial charge is 0.0215 e. The second-order valence-corrected chi connectivity index (χ2v) is 48.9. The molecule has 12 aromatic rings. The largest absolute Gasteiger partial charge is 0.0654 e. The molecule has 6 aliphatic carbocycles. The van der Waals surface area contributed by atoms with E-state index in [2.05, 4.69) is 314 Å². The summed E-state index contributed by atoms with van der Waals surface area (Å²) in [7, 11) is 0. The van der Waals surface area contributed by atoms with E-state index in [0.717, 1.165) is 0 Å². The van der Waals surface area contributed by atoms with E-state index in [9.17, 15) is 0 Å². The summed E-state index contributed by atoms with van der Waals surface area (Å²) in [5.41, 5.74) is 50.8. The lowest BCUT2D eigenvalue weighted by Gasteiger charge is -2.34. The van der Waals surface area contributed by atoms with Crippen LogP contribution in [0.5, 0.6) is 0 Å². The van der Waals surface area contributed by atoms with Gasteiger partial charge in [-0.25, -0.2) is 0 Å². The molecule has 0 unspecified atom stereocenters. The van der Waals surface area contributed by atoms with Gasteiger partial charge in [-0.3, -0.25) is 0 Å². The molecule has 0 nitrogen and oxygen atoms in total. The predicted molar refractivity (Wildman–Crippen MR) is 656 cm³/mol.